The van der Waals surface area contributed by atoms with Crippen LogP contribution in [0.15, 0.2) is 120 Å². The van der Waals surface area contributed by atoms with E-state index in [1.54, 1.807) is 57.2 Å². The Balaban J connectivity index is 0.866. The number of carbonyl (C=O) groups excluding carboxylic acids is 12. The number of nitrogens with one attached hydrogen (secondary N) is 4. The van der Waals surface area contributed by atoms with Gasteiger partial charge in [-0.3, -0.25) is 47.9 Å². The highest BCUT2D eigenvalue weighted by atomic mass is 32.2. The average molecular weight is 1640 g/mol. The van der Waals surface area contributed by atoms with Crippen LogP contribution in [-0.4, -0.2) is 274 Å². The minimum absolute atomic E-state index is 0.00967. The molecule has 8 amide bonds. The van der Waals surface area contributed by atoms with Crippen molar-refractivity contribution in [1.29, 1.82) is 0 Å². The molecule has 624 valence electrons. The third kappa shape index (κ3) is 20.4. The standard InChI is InChI=1S/C83H106N12O19S2/c1-10-59-78(104)92-33-16-20-61(92)80(106)91(9)63(40-52-23-25-56(26-24-52)90(7)8)81(107)94-44-55(65(99)43-62(94)75(101)89-71(54-18-12-11-13-19-54)82(108)113-51(6)70(76(102)87-59)88-77(103)72-64(98)21-15-32-85-72)47-115-66-45-95(35-29-53(66)30-36-95)37-38-116(110,111)67-28-34-93-73(67)83(109)114-74(48(2)3)50(5)22-27-68(100)84-31-14-17-49(4)39-57(96)41-58(97)42-69-86-60(46-112-69)79(93)105/h11-15,17-19,21-27,32,39,46,48,50-51,53,55,57,59,61-63,66-67,70-71,73-74,96H,10,16,20,28-31,33-38,40-45,47H2,1-9H3,(H4-,84,87,88,89,98,100,101,102,103)/p+1/b17-14+,27-22+,49-39+/t50-,51-,53?,55+,57-,59-,61+,62+,63+,66-,67-,70+,71+,73-,74-,95?/m1/s1. The zero-order valence-electron chi connectivity index (χ0n) is 67.0. The van der Waals surface area contributed by atoms with Crippen LogP contribution >= 0.6 is 11.8 Å². The number of anilines is 1. The molecule has 4 aromatic rings. The minimum atomic E-state index is -4.28. The highest BCUT2D eigenvalue weighted by molar-refractivity contribution is 8.00. The lowest BCUT2D eigenvalue weighted by Gasteiger charge is -2.53. The number of Topliss-reactive ketones (excluding diaryl/α,β-unsaturated/α-hetero) is 2. The van der Waals surface area contributed by atoms with E-state index in [-0.39, 0.29) is 123 Å². The molecule has 14 atom stereocenters. The number of esters is 2. The van der Waals surface area contributed by atoms with E-state index in [9.17, 15) is 48.6 Å². The third-order valence-electron chi connectivity index (χ3n) is 23.5. The van der Waals surface area contributed by atoms with Gasteiger partial charge in [0, 0.05) is 109 Å². The van der Waals surface area contributed by atoms with Gasteiger partial charge in [0.2, 0.25) is 41.3 Å². The zero-order valence-corrected chi connectivity index (χ0v) is 68.6. The number of oxazole rings is 1. The number of nitrogens with zero attached hydrogens (tertiary/aromatic N) is 8. The second-order valence-electron chi connectivity index (χ2n) is 32.2. The Labute approximate surface area is 679 Å². The number of pyridine rings is 1. The quantitative estimate of drug-likeness (QED) is 0.0728. The minimum Gasteiger partial charge on any atom is -0.505 e. The number of rotatable bonds is 15. The number of aliphatic hydroxyl groups excluding tert-OH is 1. The molecule has 7 saturated heterocycles. The van der Waals surface area contributed by atoms with Crippen LogP contribution in [0.25, 0.3) is 0 Å². The number of hydrogen-bond acceptors (Lipinski definition) is 23. The summed E-state index contributed by atoms with van der Waals surface area (Å²) in [5.74, 6) is -11.8. The number of aliphatic hydroxyl groups is 1. The van der Waals surface area contributed by atoms with Crippen molar-refractivity contribution < 1.29 is 94.5 Å². The number of quaternary nitrogens is 1. The molecule has 33 heteroatoms. The lowest BCUT2D eigenvalue weighted by Crippen LogP contribution is -2.64. The summed E-state index contributed by atoms with van der Waals surface area (Å²) in [5, 5.41) is 30.6. The molecule has 31 nitrogen and oxygen atoms in total. The average Bonchev–Trinajstić information content (AvgIpc) is 1.27. The number of likely N-dealkylation sites (N-methyl/N-ethyl adjacent to an activating group) is 1. The van der Waals surface area contributed by atoms with Gasteiger partial charge in [-0.15, -0.1) is 0 Å². The Bertz CT molecular complexity index is 4540. The van der Waals surface area contributed by atoms with Crippen molar-refractivity contribution in [2.75, 3.05) is 89.9 Å². The first-order valence-corrected chi connectivity index (χ1v) is 42.6. The van der Waals surface area contributed by atoms with Gasteiger partial charge in [0.05, 0.1) is 55.0 Å². The van der Waals surface area contributed by atoms with Gasteiger partial charge in [0.15, 0.2) is 27.3 Å². The molecule has 0 unspecified atom stereocenters. The molecule has 10 heterocycles. The molecule has 4 bridgehead atoms. The number of aromatic hydroxyl groups is 1. The summed E-state index contributed by atoms with van der Waals surface area (Å²) in [6.07, 6.45) is 6.83. The summed E-state index contributed by atoms with van der Waals surface area (Å²) in [6, 6.07) is 7.30. The Morgan fingerprint density at radius 3 is 2.26 bits per heavy atom. The van der Waals surface area contributed by atoms with E-state index >= 15 is 27.6 Å². The number of cyclic esters (lactones) is 2. The number of amides is 8. The molecule has 8 aliphatic heterocycles. The smallest absolute Gasteiger partial charge is 0.333 e. The summed E-state index contributed by atoms with van der Waals surface area (Å²) < 4.78 is 48.8. The van der Waals surface area contributed by atoms with E-state index in [1.165, 1.54) is 83.0 Å². The van der Waals surface area contributed by atoms with Crippen LogP contribution in [0.4, 0.5) is 5.69 Å². The number of fused-ring (bicyclic) bond motifs is 8. The van der Waals surface area contributed by atoms with Crippen molar-refractivity contribution in [2.45, 2.75) is 177 Å². The zero-order chi connectivity index (χ0) is 83.6. The molecule has 12 rings (SSSR count). The Morgan fingerprint density at radius 1 is 0.828 bits per heavy atom. The predicted octanol–water partition coefficient (Wildman–Crippen LogP) is 3.78. The largest absolute Gasteiger partial charge is 0.505 e. The number of allylic oxidation sites excluding steroid dienone is 2. The molecule has 0 saturated carbocycles. The number of ether oxygens (including phenoxy) is 2. The second kappa shape index (κ2) is 37.9. The van der Waals surface area contributed by atoms with Crippen molar-refractivity contribution in [3.05, 3.63) is 144 Å². The van der Waals surface area contributed by atoms with E-state index in [1.807, 2.05) is 57.1 Å². The highest BCUT2D eigenvalue weighted by Gasteiger charge is 2.54. The van der Waals surface area contributed by atoms with Crippen molar-refractivity contribution in [3.8, 4) is 5.75 Å². The Kier molecular flexibility index (Phi) is 28.3. The summed E-state index contributed by atoms with van der Waals surface area (Å²) >= 11 is 1.52. The van der Waals surface area contributed by atoms with Crippen molar-refractivity contribution >= 4 is 98.0 Å². The molecular weight excluding hydrogens is 1530 g/mol. The van der Waals surface area contributed by atoms with Gasteiger partial charge in [-0.05, 0) is 92.8 Å². The van der Waals surface area contributed by atoms with Crippen molar-refractivity contribution in [2.24, 2.45) is 23.7 Å². The maximum absolute atomic E-state index is 16.3. The fourth-order valence-electron chi connectivity index (χ4n) is 16.9. The summed E-state index contributed by atoms with van der Waals surface area (Å²) in [7, 11) is 0.904. The first-order valence-electron chi connectivity index (χ1n) is 39.9. The molecule has 7 fully saturated rings. The fraction of sp³-hybridized carbons (Fsp3) is 0.542. The van der Waals surface area contributed by atoms with E-state index in [0.717, 1.165) is 16.9 Å². The molecule has 116 heavy (non-hydrogen) atoms. The highest BCUT2D eigenvalue weighted by Crippen LogP contribution is 2.42. The predicted molar refractivity (Wildman–Crippen MR) is 427 cm³/mol. The first-order chi connectivity index (χ1) is 55.2. The maximum Gasteiger partial charge on any atom is 0.333 e. The van der Waals surface area contributed by atoms with Crippen LogP contribution in [0.3, 0.4) is 0 Å². The maximum atomic E-state index is 16.3. The van der Waals surface area contributed by atoms with Gasteiger partial charge in [0.25, 0.3) is 11.8 Å². The van der Waals surface area contributed by atoms with Crippen LogP contribution in [0.1, 0.15) is 137 Å². The van der Waals surface area contributed by atoms with Crippen molar-refractivity contribution in [1.82, 2.24) is 50.8 Å². The molecule has 0 aliphatic carbocycles. The molecule has 2 aromatic carbocycles. The number of thioether (sulfide) groups is 1. The fourth-order valence-corrected chi connectivity index (χ4v) is 20.7. The van der Waals surface area contributed by atoms with Crippen LogP contribution < -0.4 is 26.2 Å². The molecule has 8 aliphatic rings. The van der Waals surface area contributed by atoms with Gasteiger partial charge in [0.1, 0.15) is 72.0 Å². The lowest BCUT2D eigenvalue weighted by molar-refractivity contribution is -0.939. The number of benzene rings is 2. The number of hydrogen-bond donors (Lipinski definition) is 6. The lowest BCUT2D eigenvalue weighted by atomic mass is 9.85. The SMILES string of the molecule is CC[C@H]1NC(=O)[C@@H](NC(=O)c2ncccc2O)[C@@H](C)OC(=O)[C@H](c2ccccc2)NC(=O)[C@@H]2CC(=O)[C@H](CS[C@@H]3C[N+]4(CCS(=O)(=O)[C@@H]5CCN6C(=O)c7coc(n7)CC(=O)C[C@H](O)/C=C(C)/C=C/CNC(=O)/C=C/[C@@H](C)[C@@H](C(C)C)OC(=O)[C@@H]56)CCC3CC4)CN2C(=O)[C@H](Cc2ccc(N(C)C)cc2)N(C)C(=O)[C@@H]2CCCN2C1=O. The number of ketones is 2. The van der Waals surface area contributed by atoms with Gasteiger partial charge < -0.3 is 74.4 Å². The topological polar surface area (TPSA) is 401 Å². The monoisotopic (exact) mass is 1640 g/mol. The van der Waals surface area contributed by atoms with Gasteiger partial charge >= 0.3 is 11.9 Å². The molecule has 2 aromatic heterocycles. The van der Waals surface area contributed by atoms with Crippen LogP contribution in [0.5, 0.6) is 5.75 Å². The Hall–Kier alpha value is -10.1. The molecular formula is C83H107N12O19S2+. The number of carbonyl (C=O) groups is 12. The van der Waals surface area contributed by atoms with E-state index in [0.29, 0.717) is 54.5 Å². The Morgan fingerprint density at radius 2 is 1.56 bits per heavy atom. The normalized spacial score (nSPS) is 30.4. The number of aromatic nitrogens is 2. The summed E-state index contributed by atoms with van der Waals surface area (Å²) in [5.41, 5.74) is 1.53. The van der Waals surface area contributed by atoms with E-state index < -0.39 is 170 Å². The van der Waals surface area contributed by atoms with Gasteiger partial charge in [-0.1, -0.05) is 100 Å². The van der Waals surface area contributed by atoms with Crippen molar-refractivity contribution in [3.63, 3.8) is 0 Å². The molecule has 0 spiro atoms. The second-order valence-corrected chi connectivity index (χ2v) is 35.8. The summed E-state index contributed by atoms with van der Waals surface area (Å²) in [4.78, 5) is 192. The van der Waals surface area contributed by atoms with E-state index in [4.69, 9.17) is 13.9 Å². The van der Waals surface area contributed by atoms with Gasteiger partial charge in [-0.2, -0.15) is 11.8 Å². The summed E-state index contributed by atoms with van der Waals surface area (Å²) in [6.45, 7) is 11.6. The number of sulfone groups is 1. The molecule has 6 N–H and O–H groups in total. The third-order valence-corrected chi connectivity index (χ3v) is 27.3. The van der Waals surface area contributed by atoms with Gasteiger partial charge in [-0.25, -0.2) is 28.0 Å². The van der Waals surface area contributed by atoms with Crippen LogP contribution in [0, 0.1) is 23.7 Å². The van der Waals surface area contributed by atoms with Crippen LogP contribution in [0.2, 0.25) is 0 Å². The van der Waals surface area contributed by atoms with Crippen LogP contribution in [-0.2, 0) is 80.1 Å². The first kappa shape index (κ1) is 86.7. The molecule has 0 radical (unpaired) electrons. The number of piperidine rings is 4. The van der Waals surface area contributed by atoms with E-state index in [2.05, 4.69) is 31.2 Å².